The van der Waals surface area contributed by atoms with Gasteiger partial charge in [0.05, 0.1) is 0 Å². The van der Waals surface area contributed by atoms with Gasteiger partial charge >= 0.3 is 29.0 Å². The Morgan fingerprint density at radius 1 is 0.800 bits per heavy atom. The van der Waals surface area contributed by atoms with Crippen LogP contribution in [0.4, 0.5) is 0 Å². The van der Waals surface area contributed by atoms with Gasteiger partial charge < -0.3 is 0 Å². The van der Waals surface area contributed by atoms with Crippen molar-refractivity contribution >= 4 is 0 Å². The molecule has 0 heterocycles. The van der Waals surface area contributed by atoms with E-state index in [1.165, 1.54) is 0 Å². The van der Waals surface area contributed by atoms with E-state index in [1.807, 2.05) is 0 Å². The fourth-order valence-corrected chi connectivity index (χ4v) is 0. The summed E-state index contributed by atoms with van der Waals surface area (Å²) in [6.07, 6.45) is 0. The van der Waals surface area contributed by atoms with Crippen molar-refractivity contribution in [2.24, 2.45) is 0 Å². The summed E-state index contributed by atoms with van der Waals surface area (Å²) in [5, 5.41) is 0. The molecule has 0 saturated heterocycles. The van der Waals surface area contributed by atoms with Crippen LogP contribution in [0.15, 0.2) is 0 Å². The Labute approximate surface area is 29.8 Å². The number of hydrogen-bond acceptors (Lipinski definition) is 4. The maximum absolute atomic E-state index is 8.63. The fraction of sp³-hybridized carbons (Fsp3) is 0. The van der Waals surface area contributed by atoms with Gasteiger partial charge in [-0.15, -0.1) is 0 Å². The minimum atomic E-state index is -6.06. The second-order valence-electron chi connectivity index (χ2n) is 0.354. The second-order valence-corrected chi connectivity index (χ2v) is 2.89. The van der Waals surface area contributed by atoms with E-state index < -0.39 is 14.8 Å². The third-order valence-electron chi connectivity index (χ3n) is 0. The SMILES string of the molecule is [17O]=[Os](=[17O])(=[17O])=[17O]. The van der Waals surface area contributed by atoms with Gasteiger partial charge in [-0.2, -0.15) is 0 Å². The topological polar surface area (TPSA) is 68.3 Å². The molecule has 5 heteroatoms. The molecule has 0 unspecified atom stereocenters. The third-order valence-corrected chi connectivity index (χ3v) is 0. The molecule has 0 aliphatic rings. The van der Waals surface area contributed by atoms with Gasteiger partial charge in [0.1, 0.15) is 0 Å². The van der Waals surface area contributed by atoms with E-state index in [-0.39, 0.29) is 0 Å². The molecule has 0 aromatic carbocycles. The summed E-state index contributed by atoms with van der Waals surface area (Å²) in [6, 6.07) is 0. The van der Waals surface area contributed by atoms with Crippen LogP contribution >= 0.6 is 0 Å². The molecule has 0 aliphatic carbocycles. The fourth-order valence-electron chi connectivity index (χ4n) is 0. The molecule has 0 radical (unpaired) electrons. The molecule has 0 aromatic rings. The Bertz CT molecular complexity index is 155. The van der Waals surface area contributed by atoms with Crippen molar-refractivity contribution in [1.82, 2.24) is 0 Å². The van der Waals surface area contributed by atoms with Gasteiger partial charge in [-0.1, -0.05) is 0 Å². The predicted molar refractivity (Wildman–Crippen MR) is 2.75 cm³/mol. The summed E-state index contributed by atoms with van der Waals surface area (Å²) in [7, 11) is 0. The minimum absolute atomic E-state index is 6.06. The van der Waals surface area contributed by atoms with E-state index in [0.717, 1.165) is 0 Å². The average Bonchev–Trinajstić information content (AvgIpc) is 0.722. The van der Waals surface area contributed by atoms with Gasteiger partial charge in [0, 0.05) is 0 Å². The van der Waals surface area contributed by atoms with Crippen LogP contribution in [0.25, 0.3) is 0 Å². The molecule has 0 amide bonds. The molecule has 0 spiro atoms. The Morgan fingerprint density at radius 3 is 0.800 bits per heavy atom. The summed E-state index contributed by atoms with van der Waals surface area (Å²) in [4.78, 5) is 0. The second kappa shape index (κ2) is 0.906. The molecular formula is O4Os. The van der Waals surface area contributed by atoms with Crippen LogP contribution in [0.3, 0.4) is 0 Å². The van der Waals surface area contributed by atoms with Gasteiger partial charge in [-0.3, -0.25) is 0 Å². The molecule has 0 atom stereocenters. The van der Waals surface area contributed by atoms with E-state index >= 15 is 0 Å². The summed E-state index contributed by atoms with van der Waals surface area (Å²) in [5.74, 6) is 0. The first-order chi connectivity index (χ1) is 2.00. The molecule has 0 aromatic heterocycles. The van der Waals surface area contributed by atoms with Crippen molar-refractivity contribution in [3.05, 3.63) is 0 Å². The van der Waals surface area contributed by atoms with Crippen molar-refractivity contribution in [3.63, 3.8) is 0 Å². The summed E-state index contributed by atoms with van der Waals surface area (Å²) in [5.41, 5.74) is 0. The Hall–Kier alpha value is -0.164. The van der Waals surface area contributed by atoms with Crippen molar-refractivity contribution in [2.75, 3.05) is 0 Å². The Kier molecular flexibility index (Phi) is 0.876. The van der Waals surface area contributed by atoms with Crippen LogP contribution in [0.1, 0.15) is 0 Å². The van der Waals surface area contributed by atoms with Crippen LogP contribution in [-0.4, -0.2) is 0 Å². The normalized spacial score (nSPS) is 11.2. The summed E-state index contributed by atoms with van der Waals surface area (Å²) >= 11 is -6.06. The molecule has 4 nitrogen and oxygen atoms in total. The number of rotatable bonds is 0. The van der Waals surface area contributed by atoms with Crippen LogP contribution in [0, 0.1) is 0 Å². The molecule has 32 valence electrons. The molecule has 0 aliphatic heterocycles. The summed E-state index contributed by atoms with van der Waals surface area (Å²) in [6.45, 7) is 0. The standard InChI is InChI=1S/4O.Os/i4*1+1;. The van der Waals surface area contributed by atoms with Gasteiger partial charge in [-0.05, 0) is 0 Å². The maximum atomic E-state index is 8.63. The van der Waals surface area contributed by atoms with E-state index in [1.54, 1.807) is 0 Å². The third kappa shape index (κ3) is 483. The quantitative estimate of drug-likeness (QED) is 0.588. The number of hydrogen-bond donors (Lipinski definition) is 0. The van der Waals surface area contributed by atoms with Crippen molar-refractivity contribution in [3.8, 4) is 0 Å². The van der Waals surface area contributed by atoms with E-state index in [9.17, 15) is 0 Å². The predicted octanol–water partition coefficient (Wildman–Crippen LogP) is -0.478. The first kappa shape index (κ1) is 4.84. The molecular weight excluding hydrogens is 258 g/mol. The van der Waals surface area contributed by atoms with Crippen LogP contribution < -0.4 is 0 Å². The summed E-state index contributed by atoms with van der Waals surface area (Å²) < 4.78 is 34.5. The molecule has 0 rings (SSSR count). The molecule has 0 fully saturated rings. The monoisotopic (exact) mass is 260 g/mol. The van der Waals surface area contributed by atoms with E-state index in [4.69, 9.17) is 14.2 Å². The van der Waals surface area contributed by atoms with Crippen LogP contribution in [0.2, 0.25) is 0 Å². The van der Waals surface area contributed by atoms with E-state index in [0.29, 0.717) is 0 Å². The molecule has 5 heavy (non-hydrogen) atoms. The molecule has 0 saturated carbocycles. The van der Waals surface area contributed by atoms with Gasteiger partial charge in [-0.25, -0.2) is 0 Å². The van der Waals surface area contributed by atoms with Gasteiger partial charge in [0.15, 0.2) is 0 Å². The first-order valence-electron chi connectivity index (χ1n) is 0.577. The zero-order chi connectivity index (χ0) is 4.50. The zero-order valence-electron chi connectivity index (χ0n) is 1.99. The first-order valence-corrected chi connectivity index (χ1v) is 4.73. The average molecular weight is 258 g/mol. The van der Waals surface area contributed by atoms with Crippen LogP contribution in [-0.2, 0) is 29.0 Å². The van der Waals surface area contributed by atoms with Gasteiger partial charge in [0.25, 0.3) is 0 Å². The van der Waals surface area contributed by atoms with Crippen molar-refractivity contribution in [2.45, 2.75) is 0 Å². The molecule has 0 N–H and O–H groups in total. The Balaban J connectivity index is 6.05. The zero-order valence-corrected chi connectivity index (χ0v) is 4.53. The van der Waals surface area contributed by atoms with Crippen LogP contribution in [0.5, 0.6) is 0 Å². The molecule has 0 bridgehead atoms. The van der Waals surface area contributed by atoms with Gasteiger partial charge in [0.2, 0.25) is 0 Å². The van der Waals surface area contributed by atoms with Crippen molar-refractivity contribution < 1.29 is 29.0 Å². The van der Waals surface area contributed by atoms with Crippen molar-refractivity contribution in [1.29, 1.82) is 0 Å². The van der Waals surface area contributed by atoms with E-state index in [2.05, 4.69) is 0 Å². The Morgan fingerprint density at radius 2 is 0.800 bits per heavy atom.